The second kappa shape index (κ2) is 8.64. The fourth-order valence-corrected chi connectivity index (χ4v) is 4.15. The number of aromatic nitrogens is 3. The molecule has 1 fully saturated rings. The Labute approximate surface area is 177 Å². The van der Waals surface area contributed by atoms with Crippen LogP contribution in [-0.2, 0) is 17.4 Å². The molecule has 1 aliphatic rings. The number of halogens is 3. The lowest BCUT2D eigenvalue weighted by Gasteiger charge is -2.31. The Kier molecular flexibility index (Phi) is 5.93. The van der Waals surface area contributed by atoms with Crippen LogP contribution in [0.4, 0.5) is 13.2 Å². The van der Waals surface area contributed by atoms with E-state index in [1.54, 1.807) is 17.3 Å². The first kappa shape index (κ1) is 21.3. The third kappa shape index (κ3) is 4.70. The van der Waals surface area contributed by atoms with Crippen LogP contribution in [0.1, 0.15) is 54.1 Å². The summed E-state index contributed by atoms with van der Waals surface area (Å²) in [5.41, 5.74) is 0.816. The number of pyridine rings is 2. The first-order valence-electron chi connectivity index (χ1n) is 10.3. The topological polar surface area (TPSA) is 72.1 Å². The fraction of sp³-hybridized carbons (Fsp3) is 0.455. The molecule has 0 atom stereocenters. The van der Waals surface area contributed by atoms with Crippen LogP contribution in [-0.4, -0.2) is 39.0 Å². The van der Waals surface area contributed by atoms with Crippen molar-refractivity contribution < 1.29 is 22.5 Å². The van der Waals surface area contributed by atoms with Crippen LogP contribution in [0.25, 0.3) is 11.1 Å². The first-order chi connectivity index (χ1) is 14.8. The van der Waals surface area contributed by atoms with Gasteiger partial charge in [-0.3, -0.25) is 9.78 Å². The van der Waals surface area contributed by atoms with E-state index >= 15 is 0 Å². The predicted molar refractivity (Wildman–Crippen MR) is 107 cm³/mol. The van der Waals surface area contributed by atoms with Crippen molar-refractivity contribution in [2.24, 2.45) is 0 Å². The van der Waals surface area contributed by atoms with Crippen molar-refractivity contribution in [2.45, 2.75) is 51.1 Å². The molecule has 0 bridgehead atoms. The number of hydrogen-bond acceptors (Lipinski definition) is 5. The van der Waals surface area contributed by atoms with Gasteiger partial charge in [0.05, 0.1) is 16.6 Å². The predicted octanol–water partition coefficient (Wildman–Crippen LogP) is 4.67. The van der Waals surface area contributed by atoms with Gasteiger partial charge in [0.2, 0.25) is 5.91 Å². The van der Waals surface area contributed by atoms with E-state index in [0.717, 1.165) is 24.5 Å². The molecule has 9 heteroatoms. The highest BCUT2D eigenvalue weighted by molar-refractivity contribution is 5.82. The van der Waals surface area contributed by atoms with Crippen LogP contribution in [0, 0.1) is 6.92 Å². The molecule has 1 aliphatic heterocycles. The lowest BCUT2D eigenvalue weighted by Crippen LogP contribution is -2.38. The third-order valence-corrected chi connectivity index (χ3v) is 5.75. The summed E-state index contributed by atoms with van der Waals surface area (Å²) in [5, 5.41) is 3.89. The molecule has 0 unspecified atom stereocenters. The molecule has 164 valence electrons. The molecule has 6 nitrogen and oxygen atoms in total. The van der Waals surface area contributed by atoms with Crippen molar-refractivity contribution in [3.05, 3.63) is 53.1 Å². The Morgan fingerprint density at radius 3 is 2.61 bits per heavy atom. The molecule has 3 aromatic heterocycles. The standard InChI is InChI=1S/C22H23F3N4O2/c1-14-13-17(22(23,24)25)19-20(28-31-21(19)27-14)16-7-11-29(12-8-16)18(30)4-2-3-15-5-9-26-10-6-15/h5-6,9-10,13,16H,2-4,7-8,11-12H2,1H3. The lowest BCUT2D eigenvalue weighted by molar-refractivity contribution is -0.136. The van der Waals surface area contributed by atoms with Gasteiger partial charge < -0.3 is 9.42 Å². The van der Waals surface area contributed by atoms with Crippen molar-refractivity contribution in [3.63, 3.8) is 0 Å². The lowest BCUT2D eigenvalue weighted by atomic mass is 9.90. The number of rotatable bonds is 5. The third-order valence-electron chi connectivity index (χ3n) is 5.75. The van der Waals surface area contributed by atoms with E-state index in [1.807, 2.05) is 12.1 Å². The first-order valence-corrected chi connectivity index (χ1v) is 10.3. The smallest absolute Gasteiger partial charge is 0.343 e. The van der Waals surface area contributed by atoms with Crippen LogP contribution < -0.4 is 0 Å². The molecule has 0 aliphatic carbocycles. The Balaban J connectivity index is 1.40. The van der Waals surface area contributed by atoms with Gasteiger partial charge in [0.25, 0.3) is 5.71 Å². The monoisotopic (exact) mass is 432 g/mol. The number of likely N-dealkylation sites (tertiary alicyclic amines) is 1. The van der Waals surface area contributed by atoms with Crippen LogP contribution in [0.15, 0.2) is 35.1 Å². The van der Waals surface area contributed by atoms with Gasteiger partial charge in [0.15, 0.2) is 0 Å². The molecular weight excluding hydrogens is 409 g/mol. The number of piperidine rings is 1. The zero-order chi connectivity index (χ0) is 22.0. The number of fused-ring (bicyclic) bond motifs is 1. The Hall–Kier alpha value is -2.97. The molecule has 1 amide bonds. The maximum atomic E-state index is 13.6. The molecule has 0 spiro atoms. The molecule has 3 aromatic rings. The van der Waals surface area contributed by atoms with Crippen molar-refractivity contribution >= 4 is 17.0 Å². The van der Waals surface area contributed by atoms with Gasteiger partial charge in [-0.05, 0) is 56.4 Å². The molecule has 1 saturated heterocycles. The zero-order valence-corrected chi connectivity index (χ0v) is 17.2. The molecule has 0 N–H and O–H groups in total. The normalized spacial score (nSPS) is 15.5. The summed E-state index contributed by atoms with van der Waals surface area (Å²) in [7, 11) is 0. The van der Waals surface area contributed by atoms with Gasteiger partial charge in [0.1, 0.15) is 0 Å². The fourth-order valence-electron chi connectivity index (χ4n) is 4.15. The van der Waals surface area contributed by atoms with Gasteiger partial charge in [-0.25, -0.2) is 4.98 Å². The number of carbonyl (C=O) groups excluding carboxylic acids is 1. The summed E-state index contributed by atoms with van der Waals surface area (Å²) in [6.45, 7) is 2.48. The van der Waals surface area contributed by atoms with E-state index in [1.165, 1.54) is 6.92 Å². The summed E-state index contributed by atoms with van der Waals surface area (Å²) in [5.74, 6) is -0.126. The minimum absolute atomic E-state index is 0.0553. The quantitative estimate of drug-likeness (QED) is 0.586. The summed E-state index contributed by atoms with van der Waals surface area (Å²) >= 11 is 0. The van der Waals surface area contributed by atoms with E-state index in [4.69, 9.17) is 4.52 Å². The van der Waals surface area contributed by atoms with E-state index < -0.39 is 11.7 Å². The van der Waals surface area contributed by atoms with Crippen LogP contribution in [0.3, 0.4) is 0 Å². The minimum atomic E-state index is -4.52. The maximum absolute atomic E-state index is 13.6. The van der Waals surface area contributed by atoms with Gasteiger partial charge in [-0.1, -0.05) is 5.16 Å². The second-order valence-electron chi connectivity index (χ2n) is 7.92. The van der Waals surface area contributed by atoms with Crippen LogP contribution in [0.5, 0.6) is 0 Å². The van der Waals surface area contributed by atoms with Crippen molar-refractivity contribution in [1.29, 1.82) is 0 Å². The SMILES string of the molecule is Cc1cc(C(F)(F)F)c2c(C3CCN(C(=O)CCCc4ccncc4)CC3)noc2n1. The van der Waals surface area contributed by atoms with Crippen molar-refractivity contribution in [3.8, 4) is 0 Å². The summed E-state index contributed by atoms with van der Waals surface area (Å²) in [4.78, 5) is 22.4. The number of nitrogens with zero attached hydrogens (tertiary/aromatic N) is 4. The minimum Gasteiger partial charge on any atom is -0.343 e. The summed E-state index contributed by atoms with van der Waals surface area (Å²) in [6, 6.07) is 4.90. The number of hydrogen-bond donors (Lipinski definition) is 0. The summed E-state index contributed by atoms with van der Waals surface area (Å²) in [6.07, 6.45) is 2.04. The van der Waals surface area contributed by atoms with Crippen LogP contribution >= 0.6 is 0 Å². The largest absolute Gasteiger partial charge is 0.417 e. The number of alkyl halides is 3. The Bertz CT molecular complexity index is 1060. The second-order valence-corrected chi connectivity index (χ2v) is 7.92. The Morgan fingerprint density at radius 2 is 1.94 bits per heavy atom. The molecule has 0 radical (unpaired) electrons. The highest BCUT2D eigenvalue weighted by Gasteiger charge is 2.37. The average molecular weight is 432 g/mol. The van der Waals surface area contributed by atoms with Gasteiger partial charge >= 0.3 is 6.18 Å². The number of carbonyl (C=O) groups is 1. The van der Waals surface area contributed by atoms with E-state index in [9.17, 15) is 18.0 Å². The maximum Gasteiger partial charge on any atom is 0.417 e. The van der Waals surface area contributed by atoms with E-state index in [2.05, 4.69) is 15.1 Å². The molecule has 4 heterocycles. The van der Waals surface area contributed by atoms with Gasteiger partial charge in [-0.15, -0.1) is 0 Å². The van der Waals surface area contributed by atoms with Gasteiger partial charge in [-0.2, -0.15) is 13.2 Å². The molecular formula is C22H23F3N4O2. The van der Waals surface area contributed by atoms with E-state index in [0.29, 0.717) is 38.0 Å². The van der Waals surface area contributed by atoms with E-state index in [-0.39, 0.29) is 28.6 Å². The van der Waals surface area contributed by atoms with Crippen molar-refractivity contribution in [2.75, 3.05) is 13.1 Å². The number of amides is 1. The average Bonchev–Trinajstić information content (AvgIpc) is 3.17. The highest BCUT2D eigenvalue weighted by atomic mass is 19.4. The Morgan fingerprint density at radius 1 is 1.23 bits per heavy atom. The zero-order valence-electron chi connectivity index (χ0n) is 17.2. The molecule has 0 saturated carbocycles. The highest BCUT2D eigenvalue weighted by Crippen LogP contribution is 2.40. The number of aryl methyl sites for hydroxylation is 2. The molecule has 4 rings (SSSR count). The van der Waals surface area contributed by atoms with Gasteiger partial charge in [0, 0.05) is 43.5 Å². The van der Waals surface area contributed by atoms with Crippen LogP contribution in [0.2, 0.25) is 0 Å². The molecule has 0 aromatic carbocycles. The molecule has 31 heavy (non-hydrogen) atoms. The van der Waals surface area contributed by atoms with Crippen molar-refractivity contribution in [1.82, 2.24) is 20.0 Å². The summed E-state index contributed by atoms with van der Waals surface area (Å²) < 4.78 is 45.9.